The predicted octanol–water partition coefficient (Wildman–Crippen LogP) is -0.566. The van der Waals surface area contributed by atoms with Crippen molar-refractivity contribution in [2.45, 2.75) is 18.3 Å². The highest BCUT2D eigenvalue weighted by atomic mass is 16.4. The van der Waals surface area contributed by atoms with Gasteiger partial charge in [0, 0.05) is 0 Å². The fourth-order valence-corrected chi connectivity index (χ4v) is 1.17. The van der Waals surface area contributed by atoms with Crippen molar-refractivity contribution in [1.29, 1.82) is 0 Å². The van der Waals surface area contributed by atoms with Crippen molar-refractivity contribution in [3.05, 3.63) is 35.9 Å². The Kier molecular flexibility index (Phi) is 4.03. The highest BCUT2D eigenvalue weighted by molar-refractivity contribution is 5.18. The first-order valence-electron chi connectivity index (χ1n) is 4.37. The molecule has 0 bridgehead atoms. The molecule has 78 valence electrons. The Morgan fingerprint density at radius 3 is 2.07 bits per heavy atom. The molecule has 0 aliphatic rings. The predicted molar refractivity (Wildman–Crippen MR) is 50.5 cm³/mol. The molecule has 0 saturated carbocycles. The van der Waals surface area contributed by atoms with Gasteiger partial charge in [-0.15, -0.1) is 0 Å². The lowest BCUT2D eigenvalue weighted by atomic mass is 10.0. The van der Waals surface area contributed by atoms with E-state index in [-0.39, 0.29) is 0 Å². The topological polar surface area (TPSA) is 80.9 Å². The third-order valence-electron chi connectivity index (χ3n) is 2.05. The van der Waals surface area contributed by atoms with Gasteiger partial charge in [0.15, 0.2) is 0 Å². The van der Waals surface area contributed by atoms with Gasteiger partial charge >= 0.3 is 0 Å². The molecule has 1 rings (SSSR count). The second kappa shape index (κ2) is 5.07. The van der Waals surface area contributed by atoms with Gasteiger partial charge in [-0.05, 0) is 5.56 Å². The van der Waals surface area contributed by atoms with Crippen LogP contribution in [0.5, 0.6) is 0 Å². The molecule has 3 unspecified atom stereocenters. The molecule has 0 aliphatic carbocycles. The molecule has 4 heteroatoms. The first-order chi connectivity index (χ1) is 6.66. The Morgan fingerprint density at radius 1 is 1.00 bits per heavy atom. The summed E-state index contributed by atoms with van der Waals surface area (Å²) in [4.78, 5) is 0. The summed E-state index contributed by atoms with van der Waals surface area (Å²) in [6.07, 6.45) is -3.88. The molecular formula is C10H14O4. The Hall–Kier alpha value is -0.940. The lowest BCUT2D eigenvalue weighted by Crippen LogP contribution is -2.34. The van der Waals surface area contributed by atoms with E-state index in [1.165, 1.54) is 0 Å². The van der Waals surface area contributed by atoms with Crippen LogP contribution in [0.1, 0.15) is 11.7 Å². The molecule has 4 nitrogen and oxygen atoms in total. The first-order valence-corrected chi connectivity index (χ1v) is 4.37. The van der Waals surface area contributed by atoms with Crippen molar-refractivity contribution in [3.8, 4) is 0 Å². The summed E-state index contributed by atoms with van der Waals surface area (Å²) in [7, 11) is 0. The maximum Gasteiger partial charge on any atom is 0.112 e. The highest BCUT2D eigenvalue weighted by Crippen LogP contribution is 2.18. The quantitative estimate of drug-likeness (QED) is 0.522. The molecule has 0 spiro atoms. The molecule has 14 heavy (non-hydrogen) atoms. The van der Waals surface area contributed by atoms with E-state index >= 15 is 0 Å². The van der Waals surface area contributed by atoms with Gasteiger partial charge in [0.2, 0.25) is 0 Å². The average Bonchev–Trinajstić information content (AvgIpc) is 2.27. The third-order valence-corrected chi connectivity index (χ3v) is 2.05. The monoisotopic (exact) mass is 198 g/mol. The van der Waals surface area contributed by atoms with E-state index in [1.54, 1.807) is 30.3 Å². The SMILES string of the molecule is OCC(O)C(O)C(O)c1ccccc1. The number of benzene rings is 1. The van der Waals surface area contributed by atoms with Crippen LogP contribution in [0.4, 0.5) is 0 Å². The van der Waals surface area contributed by atoms with Crippen molar-refractivity contribution < 1.29 is 20.4 Å². The lowest BCUT2D eigenvalue weighted by Gasteiger charge is -2.21. The normalized spacial score (nSPS) is 17.4. The fraction of sp³-hybridized carbons (Fsp3) is 0.400. The standard InChI is InChI=1S/C10H14O4/c11-6-8(12)10(14)9(13)7-4-2-1-3-5-7/h1-5,8-14H,6H2. The summed E-state index contributed by atoms with van der Waals surface area (Å²) in [6, 6.07) is 8.49. The van der Waals surface area contributed by atoms with Crippen molar-refractivity contribution >= 4 is 0 Å². The number of aliphatic hydroxyl groups excluding tert-OH is 4. The van der Waals surface area contributed by atoms with Crippen molar-refractivity contribution in [1.82, 2.24) is 0 Å². The maximum atomic E-state index is 9.57. The Labute approximate surface area is 82.1 Å². The summed E-state index contributed by atoms with van der Waals surface area (Å²) >= 11 is 0. The molecule has 0 aliphatic heterocycles. The minimum absolute atomic E-state index is 0.507. The summed E-state index contributed by atoms with van der Waals surface area (Å²) in [5, 5.41) is 36.6. The van der Waals surface area contributed by atoms with Gasteiger partial charge in [-0.25, -0.2) is 0 Å². The Bertz CT molecular complexity index is 262. The number of rotatable bonds is 4. The molecule has 4 N–H and O–H groups in total. The number of hydrogen-bond acceptors (Lipinski definition) is 4. The van der Waals surface area contributed by atoms with Crippen LogP contribution < -0.4 is 0 Å². The van der Waals surface area contributed by atoms with Crippen LogP contribution in [0.25, 0.3) is 0 Å². The minimum atomic E-state index is -1.37. The first kappa shape index (κ1) is 11.1. The largest absolute Gasteiger partial charge is 0.394 e. The van der Waals surface area contributed by atoms with E-state index in [2.05, 4.69) is 0 Å². The van der Waals surface area contributed by atoms with Crippen LogP contribution in [-0.2, 0) is 0 Å². The zero-order chi connectivity index (χ0) is 10.6. The minimum Gasteiger partial charge on any atom is -0.394 e. The van der Waals surface area contributed by atoms with E-state index in [1.807, 2.05) is 0 Å². The zero-order valence-electron chi connectivity index (χ0n) is 7.61. The van der Waals surface area contributed by atoms with E-state index in [0.717, 1.165) is 0 Å². The Balaban J connectivity index is 2.70. The number of aliphatic hydroxyl groups is 4. The van der Waals surface area contributed by atoms with Crippen molar-refractivity contribution in [2.75, 3.05) is 6.61 Å². The molecule has 0 fully saturated rings. The molecule has 0 amide bonds. The van der Waals surface area contributed by atoms with Gasteiger partial charge < -0.3 is 20.4 Å². The second-order valence-corrected chi connectivity index (χ2v) is 3.10. The average molecular weight is 198 g/mol. The van der Waals surface area contributed by atoms with Crippen molar-refractivity contribution in [3.63, 3.8) is 0 Å². The van der Waals surface area contributed by atoms with Crippen molar-refractivity contribution in [2.24, 2.45) is 0 Å². The molecule has 3 atom stereocenters. The molecule has 0 aromatic heterocycles. The third kappa shape index (κ3) is 2.52. The van der Waals surface area contributed by atoms with Gasteiger partial charge in [0.1, 0.15) is 18.3 Å². The van der Waals surface area contributed by atoms with Crippen LogP contribution in [0.15, 0.2) is 30.3 Å². The van der Waals surface area contributed by atoms with E-state index in [9.17, 15) is 10.2 Å². The van der Waals surface area contributed by atoms with Gasteiger partial charge in [-0.3, -0.25) is 0 Å². The molecule has 1 aromatic carbocycles. The summed E-state index contributed by atoms with van der Waals surface area (Å²) in [5.41, 5.74) is 0.507. The van der Waals surface area contributed by atoms with Crippen LogP contribution in [0.2, 0.25) is 0 Å². The second-order valence-electron chi connectivity index (χ2n) is 3.10. The fourth-order valence-electron chi connectivity index (χ4n) is 1.17. The maximum absolute atomic E-state index is 9.57. The van der Waals surface area contributed by atoms with E-state index < -0.39 is 24.9 Å². The van der Waals surface area contributed by atoms with Gasteiger partial charge in [-0.2, -0.15) is 0 Å². The zero-order valence-corrected chi connectivity index (χ0v) is 7.61. The summed E-state index contributed by atoms with van der Waals surface area (Å²) in [6.45, 7) is -0.578. The molecular weight excluding hydrogens is 184 g/mol. The highest BCUT2D eigenvalue weighted by Gasteiger charge is 2.24. The molecule has 0 heterocycles. The van der Waals surface area contributed by atoms with E-state index in [4.69, 9.17) is 10.2 Å². The summed E-state index contributed by atoms with van der Waals surface area (Å²) < 4.78 is 0. The van der Waals surface area contributed by atoms with Crippen LogP contribution in [-0.4, -0.2) is 39.2 Å². The van der Waals surface area contributed by atoms with Gasteiger partial charge in [-0.1, -0.05) is 30.3 Å². The van der Waals surface area contributed by atoms with Gasteiger partial charge in [0.05, 0.1) is 6.61 Å². The molecule has 0 radical (unpaired) electrons. The summed E-state index contributed by atoms with van der Waals surface area (Å²) in [5.74, 6) is 0. The lowest BCUT2D eigenvalue weighted by molar-refractivity contribution is -0.0776. The molecule has 1 aromatic rings. The van der Waals surface area contributed by atoms with Crippen LogP contribution >= 0.6 is 0 Å². The van der Waals surface area contributed by atoms with E-state index in [0.29, 0.717) is 5.56 Å². The van der Waals surface area contributed by atoms with Crippen LogP contribution in [0.3, 0.4) is 0 Å². The number of hydrogen-bond donors (Lipinski definition) is 4. The molecule has 0 saturated heterocycles. The Morgan fingerprint density at radius 2 is 1.57 bits per heavy atom. The smallest absolute Gasteiger partial charge is 0.112 e. The van der Waals surface area contributed by atoms with Crippen LogP contribution in [0, 0.1) is 0 Å². The van der Waals surface area contributed by atoms with Gasteiger partial charge in [0.25, 0.3) is 0 Å².